The predicted molar refractivity (Wildman–Crippen MR) is 57.7 cm³/mol. The number of ether oxygens (including phenoxy) is 1. The summed E-state index contributed by atoms with van der Waals surface area (Å²) in [6.07, 6.45) is 1.17. The molecule has 0 unspecified atom stereocenters. The van der Waals surface area contributed by atoms with Crippen molar-refractivity contribution < 1.29 is 13.2 Å². The van der Waals surface area contributed by atoms with Crippen molar-refractivity contribution in [1.29, 1.82) is 0 Å². The number of nitrogens with zero attached hydrogens (tertiary/aromatic N) is 1. The van der Waals surface area contributed by atoms with Crippen molar-refractivity contribution in [3.8, 4) is 5.88 Å². The van der Waals surface area contributed by atoms with Crippen molar-refractivity contribution >= 4 is 19.7 Å². The third kappa shape index (κ3) is 4.05. The number of hydrogen-bond donors (Lipinski definition) is 0. The molecule has 0 spiro atoms. The van der Waals surface area contributed by atoms with Crippen LogP contribution in [-0.4, -0.2) is 19.0 Å². The molecule has 0 atom stereocenters. The Bertz CT molecular complexity index is 433. The standard InChI is InChI=1S/C9H12ClNO3S/c1-9(2,3)14-8-5-4-7(6-11-8)15(10,12)13/h4-6H,1-3H3. The third-order valence-electron chi connectivity index (χ3n) is 1.40. The highest BCUT2D eigenvalue weighted by molar-refractivity contribution is 8.13. The van der Waals surface area contributed by atoms with Gasteiger partial charge >= 0.3 is 0 Å². The van der Waals surface area contributed by atoms with E-state index in [1.807, 2.05) is 20.8 Å². The van der Waals surface area contributed by atoms with Crippen LogP contribution in [0.2, 0.25) is 0 Å². The third-order valence-corrected chi connectivity index (χ3v) is 2.74. The first kappa shape index (κ1) is 12.3. The van der Waals surface area contributed by atoms with Gasteiger partial charge in [0.25, 0.3) is 9.05 Å². The maximum absolute atomic E-state index is 10.9. The summed E-state index contributed by atoms with van der Waals surface area (Å²) in [5.41, 5.74) is -0.367. The molecule has 0 aliphatic heterocycles. The number of pyridine rings is 1. The van der Waals surface area contributed by atoms with E-state index in [0.717, 1.165) is 0 Å². The van der Waals surface area contributed by atoms with E-state index in [2.05, 4.69) is 4.98 Å². The Morgan fingerprint density at radius 3 is 2.27 bits per heavy atom. The van der Waals surface area contributed by atoms with Gasteiger partial charge in [0.05, 0.1) is 6.20 Å². The van der Waals surface area contributed by atoms with E-state index < -0.39 is 9.05 Å². The molecule has 6 heteroatoms. The minimum Gasteiger partial charge on any atom is -0.472 e. The van der Waals surface area contributed by atoms with E-state index in [1.165, 1.54) is 18.3 Å². The predicted octanol–water partition coefficient (Wildman–Crippen LogP) is 2.19. The first-order valence-electron chi connectivity index (χ1n) is 4.28. The van der Waals surface area contributed by atoms with Crippen molar-refractivity contribution in [2.45, 2.75) is 31.3 Å². The molecule has 0 bridgehead atoms. The minimum absolute atomic E-state index is 0.0366. The Morgan fingerprint density at radius 1 is 1.33 bits per heavy atom. The Morgan fingerprint density at radius 2 is 1.93 bits per heavy atom. The number of hydrogen-bond acceptors (Lipinski definition) is 4. The molecule has 0 amide bonds. The second kappa shape index (κ2) is 3.98. The van der Waals surface area contributed by atoms with Crippen molar-refractivity contribution in [3.05, 3.63) is 18.3 Å². The lowest BCUT2D eigenvalue weighted by atomic mass is 10.2. The van der Waals surface area contributed by atoms with Crippen LogP contribution in [0.1, 0.15) is 20.8 Å². The van der Waals surface area contributed by atoms with Gasteiger partial charge in [-0.05, 0) is 26.8 Å². The zero-order valence-corrected chi connectivity index (χ0v) is 10.3. The highest BCUT2D eigenvalue weighted by atomic mass is 35.7. The molecule has 1 aromatic rings. The summed E-state index contributed by atoms with van der Waals surface area (Å²) < 4.78 is 27.2. The average molecular weight is 250 g/mol. The molecule has 0 saturated heterocycles. The number of halogens is 1. The lowest BCUT2D eigenvalue weighted by Gasteiger charge is -2.19. The molecule has 4 nitrogen and oxygen atoms in total. The van der Waals surface area contributed by atoms with Crippen molar-refractivity contribution in [2.24, 2.45) is 0 Å². The average Bonchev–Trinajstić information content (AvgIpc) is 2.00. The topological polar surface area (TPSA) is 56.3 Å². The molecule has 1 rings (SSSR count). The van der Waals surface area contributed by atoms with Crippen molar-refractivity contribution in [2.75, 3.05) is 0 Å². The first-order valence-corrected chi connectivity index (χ1v) is 6.59. The van der Waals surface area contributed by atoms with Crippen LogP contribution in [0, 0.1) is 0 Å². The quantitative estimate of drug-likeness (QED) is 0.754. The van der Waals surface area contributed by atoms with Crippen LogP contribution in [-0.2, 0) is 9.05 Å². The van der Waals surface area contributed by atoms with Crippen LogP contribution in [0.25, 0.3) is 0 Å². The van der Waals surface area contributed by atoms with Gasteiger partial charge in [-0.25, -0.2) is 13.4 Å². The van der Waals surface area contributed by atoms with Gasteiger partial charge in [-0.2, -0.15) is 0 Å². The molecule has 0 N–H and O–H groups in total. The number of aromatic nitrogens is 1. The summed E-state index contributed by atoms with van der Waals surface area (Å²) in [6, 6.07) is 2.83. The maximum Gasteiger partial charge on any atom is 0.262 e. The smallest absolute Gasteiger partial charge is 0.262 e. The second-order valence-electron chi connectivity index (χ2n) is 3.98. The SMILES string of the molecule is CC(C)(C)Oc1ccc(S(=O)(=O)Cl)cn1. The molecule has 15 heavy (non-hydrogen) atoms. The lowest BCUT2D eigenvalue weighted by molar-refractivity contribution is 0.124. The van der Waals surface area contributed by atoms with Gasteiger partial charge in [0, 0.05) is 16.7 Å². The molecule has 0 aliphatic rings. The summed E-state index contributed by atoms with van der Waals surface area (Å²) in [7, 11) is 1.43. The van der Waals surface area contributed by atoms with Crippen LogP contribution in [0.4, 0.5) is 0 Å². The molecule has 1 heterocycles. The summed E-state index contributed by atoms with van der Waals surface area (Å²) >= 11 is 0. The lowest BCUT2D eigenvalue weighted by Crippen LogP contribution is -2.23. The van der Waals surface area contributed by atoms with E-state index in [1.54, 1.807) is 0 Å². The highest BCUT2D eigenvalue weighted by Gasteiger charge is 2.14. The molecular weight excluding hydrogens is 238 g/mol. The molecule has 0 radical (unpaired) electrons. The van der Waals surface area contributed by atoms with Crippen molar-refractivity contribution in [1.82, 2.24) is 4.98 Å². The van der Waals surface area contributed by atoms with Gasteiger partial charge in [0.1, 0.15) is 10.5 Å². The minimum atomic E-state index is -3.71. The molecule has 0 aliphatic carbocycles. The van der Waals surface area contributed by atoms with Gasteiger partial charge in [-0.1, -0.05) is 0 Å². The fourth-order valence-electron chi connectivity index (χ4n) is 0.885. The Hall–Kier alpha value is -0.810. The first-order chi connectivity index (χ1) is 6.68. The van der Waals surface area contributed by atoms with Gasteiger partial charge in [-0.3, -0.25) is 0 Å². The molecule has 1 aromatic heterocycles. The maximum atomic E-state index is 10.9. The summed E-state index contributed by atoms with van der Waals surface area (Å²) in [6.45, 7) is 5.63. The zero-order chi connectivity index (χ0) is 11.7. The normalized spacial score (nSPS) is 12.5. The van der Waals surface area contributed by atoms with E-state index in [4.69, 9.17) is 15.4 Å². The van der Waals surface area contributed by atoms with Gasteiger partial charge in [0.2, 0.25) is 5.88 Å². The summed E-state index contributed by atoms with van der Waals surface area (Å²) in [5, 5.41) is 0. The molecule has 0 saturated carbocycles. The van der Waals surface area contributed by atoms with Crippen LogP contribution < -0.4 is 4.74 Å². The van der Waals surface area contributed by atoms with E-state index in [9.17, 15) is 8.42 Å². The molecule has 0 aromatic carbocycles. The van der Waals surface area contributed by atoms with Crippen LogP contribution in [0.15, 0.2) is 23.2 Å². The monoisotopic (exact) mass is 249 g/mol. The largest absolute Gasteiger partial charge is 0.472 e. The van der Waals surface area contributed by atoms with Crippen LogP contribution >= 0.6 is 10.7 Å². The molecular formula is C9H12ClNO3S. The second-order valence-corrected chi connectivity index (χ2v) is 6.55. The Kier molecular flexibility index (Phi) is 3.25. The van der Waals surface area contributed by atoms with Crippen molar-refractivity contribution in [3.63, 3.8) is 0 Å². The Labute approximate surface area is 93.7 Å². The summed E-state index contributed by atoms with van der Waals surface area (Å²) in [5.74, 6) is 0.367. The molecule has 84 valence electrons. The van der Waals surface area contributed by atoms with Gasteiger partial charge < -0.3 is 4.74 Å². The molecule has 0 fully saturated rings. The fraction of sp³-hybridized carbons (Fsp3) is 0.444. The highest BCUT2D eigenvalue weighted by Crippen LogP contribution is 2.19. The van der Waals surface area contributed by atoms with Gasteiger partial charge in [-0.15, -0.1) is 0 Å². The zero-order valence-electron chi connectivity index (χ0n) is 8.69. The van der Waals surface area contributed by atoms with Crippen LogP contribution in [0.3, 0.4) is 0 Å². The van der Waals surface area contributed by atoms with E-state index >= 15 is 0 Å². The Balaban J connectivity index is 2.92. The van der Waals surface area contributed by atoms with Crippen LogP contribution in [0.5, 0.6) is 5.88 Å². The van der Waals surface area contributed by atoms with E-state index in [0.29, 0.717) is 5.88 Å². The van der Waals surface area contributed by atoms with E-state index in [-0.39, 0.29) is 10.5 Å². The summed E-state index contributed by atoms with van der Waals surface area (Å²) in [4.78, 5) is 3.81. The number of rotatable bonds is 2. The fourth-order valence-corrected chi connectivity index (χ4v) is 1.57. The van der Waals surface area contributed by atoms with Gasteiger partial charge in [0.15, 0.2) is 0 Å².